The van der Waals surface area contributed by atoms with E-state index in [2.05, 4.69) is 10.2 Å². The molecule has 0 atom stereocenters. The van der Waals surface area contributed by atoms with Crippen LogP contribution < -0.4 is 0 Å². The standard InChI is InChI=1S/C27H16F6N2/c1-15-11-21(23(27(31,32)33)14-22(15)26(28,29)30)25-20-13-18-10-6-5-9-17(18)12-19(20)24(34-35-25)16-7-3-2-4-8-16/h2-14H,1H3. The number of hydrogen-bond acceptors (Lipinski definition) is 2. The molecule has 2 nitrogen and oxygen atoms in total. The number of aryl methyl sites for hydroxylation is 1. The van der Waals surface area contributed by atoms with Crippen LogP contribution in [0.15, 0.2) is 78.9 Å². The Morgan fingerprint density at radius 2 is 1.09 bits per heavy atom. The zero-order chi connectivity index (χ0) is 25.0. The molecule has 176 valence electrons. The average Bonchev–Trinajstić information content (AvgIpc) is 2.81. The van der Waals surface area contributed by atoms with E-state index in [0.717, 1.165) is 23.8 Å². The van der Waals surface area contributed by atoms with Crippen LogP contribution in [-0.4, -0.2) is 10.2 Å². The first-order chi connectivity index (χ1) is 16.5. The fourth-order valence-corrected chi connectivity index (χ4v) is 4.29. The largest absolute Gasteiger partial charge is 0.417 e. The van der Waals surface area contributed by atoms with Gasteiger partial charge >= 0.3 is 12.4 Å². The van der Waals surface area contributed by atoms with Crippen molar-refractivity contribution < 1.29 is 26.3 Å². The molecular formula is C27H16F6N2. The summed E-state index contributed by atoms with van der Waals surface area (Å²) >= 11 is 0. The Morgan fingerprint density at radius 1 is 0.571 bits per heavy atom. The molecule has 0 fully saturated rings. The molecule has 0 N–H and O–H groups in total. The van der Waals surface area contributed by atoms with Crippen molar-refractivity contribution in [2.24, 2.45) is 0 Å². The molecule has 0 aliphatic rings. The molecule has 8 heteroatoms. The Hall–Kier alpha value is -3.94. The number of fused-ring (bicyclic) bond motifs is 2. The number of hydrogen-bond donors (Lipinski definition) is 0. The highest BCUT2D eigenvalue weighted by Crippen LogP contribution is 2.44. The van der Waals surface area contributed by atoms with Gasteiger partial charge in [0.2, 0.25) is 0 Å². The van der Waals surface area contributed by atoms with Gasteiger partial charge in [-0.3, -0.25) is 0 Å². The normalized spacial score (nSPS) is 12.4. The molecule has 0 saturated carbocycles. The van der Waals surface area contributed by atoms with Crippen LogP contribution >= 0.6 is 0 Å². The number of benzene rings is 4. The van der Waals surface area contributed by atoms with Crippen LogP contribution in [0.25, 0.3) is 44.1 Å². The Labute approximate surface area is 195 Å². The van der Waals surface area contributed by atoms with E-state index < -0.39 is 29.0 Å². The van der Waals surface area contributed by atoms with Crippen LogP contribution in [0.2, 0.25) is 0 Å². The van der Waals surface area contributed by atoms with E-state index >= 15 is 0 Å². The molecule has 0 aliphatic carbocycles. The van der Waals surface area contributed by atoms with Crippen LogP contribution in [-0.2, 0) is 12.4 Å². The maximum atomic E-state index is 14.0. The summed E-state index contributed by atoms with van der Waals surface area (Å²) in [6.07, 6.45) is -9.96. The molecular weight excluding hydrogens is 466 g/mol. The van der Waals surface area contributed by atoms with Gasteiger partial charge in [-0.25, -0.2) is 0 Å². The number of alkyl halides is 6. The SMILES string of the molecule is Cc1cc(-c2nnc(-c3ccccc3)c3cc4ccccc4cc23)c(C(F)(F)F)cc1C(F)(F)F. The third kappa shape index (κ3) is 4.09. The van der Waals surface area contributed by atoms with Gasteiger partial charge in [0.15, 0.2) is 0 Å². The predicted molar refractivity (Wildman–Crippen MR) is 123 cm³/mol. The third-order valence-corrected chi connectivity index (χ3v) is 5.92. The molecule has 0 spiro atoms. The van der Waals surface area contributed by atoms with Crippen molar-refractivity contribution in [3.05, 3.63) is 95.6 Å². The topological polar surface area (TPSA) is 25.8 Å². The number of nitrogens with zero attached hydrogens (tertiary/aromatic N) is 2. The second kappa shape index (κ2) is 8.08. The number of rotatable bonds is 2. The fraction of sp³-hybridized carbons (Fsp3) is 0.111. The molecule has 5 aromatic rings. The molecule has 0 aliphatic heterocycles. The molecule has 4 aromatic carbocycles. The first-order valence-corrected chi connectivity index (χ1v) is 10.6. The van der Waals surface area contributed by atoms with Crippen LogP contribution in [0.4, 0.5) is 26.3 Å². The molecule has 0 saturated heterocycles. The number of aromatic nitrogens is 2. The van der Waals surface area contributed by atoms with E-state index in [4.69, 9.17) is 0 Å². The van der Waals surface area contributed by atoms with Gasteiger partial charge in [0.1, 0.15) is 11.4 Å². The monoisotopic (exact) mass is 482 g/mol. The van der Waals surface area contributed by atoms with Crippen LogP contribution in [0.5, 0.6) is 0 Å². The predicted octanol–water partition coefficient (Wildman–Crippen LogP) is 8.46. The first kappa shape index (κ1) is 22.8. The molecule has 1 aromatic heterocycles. The second-order valence-electron chi connectivity index (χ2n) is 8.22. The van der Waals surface area contributed by atoms with Crippen molar-refractivity contribution in [2.45, 2.75) is 19.3 Å². The summed E-state index contributed by atoms with van der Waals surface area (Å²) in [5.74, 6) is 0. The lowest BCUT2D eigenvalue weighted by atomic mass is 9.92. The summed E-state index contributed by atoms with van der Waals surface area (Å²) in [4.78, 5) is 0. The Kier molecular flexibility index (Phi) is 5.27. The van der Waals surface area contributed by atoms with Crippen LogP contribution in [0.3, 0.4) is 0 Å². The van der Waals surface area contributed by atoms with Gasteiger partial charge in [0, 0.05) is 21.9 Å². The lowest BCUT2D eigenvalue weighted by Gasteiger charge is -2.19. The molecule has 0 radical (unpaired) electrons. The zero-order valence-corrected chi connectivity index (χ0v) is 18.2. The zero-order valence-electron chi connectivity index (χ0n) is 18.2. The van der Waals surface area contributed by atoms with E-state index in [9.17, 15) is 26.3 Å². The van der Waals surface area contributed by atoms with E-state index in [1.165, 1.54) is 0 Å². The Balaban J connectivity index is 1.89. The smallest absolute Gasteiger partial charge is 0.166 e. The molecule has 35 heavy (non-hydrogen) atoms. The summed E-state index contributed by atoms with van der Waals surface area (Å²) in [6, 6.07) is 20.9. The Morgan fingerprint density at radius 3 is 1.66 bits per heavy atom. The van der Waals surface area contributed by atoms with Gasteiger partial charge in [-0.2, -0.15) is 26.3 Å². The second-order valence-corrected chi connectivity index (χ2v) is 8.22. The molecule has 0 amide bonds. The quantitative estimate of drug-likeness (QED) is 0.186. The Bertz CT molecular complexity index is 1570. The molecule has 0 bridgehead atoms. The van der Waals surface area contributed by atoms with Crippen molar-refractivity contribution in [3.63, 3.8) is 0 Å². The van der Waals surface area contributed by atoms with Crippen LogP contribution in [0.1, 0.15) is 16.7 Å². The summed E-state index contributed by atoms with van der Waals surface area (Å²) in [5.41, 5.74) is -2.48. The van der Waals surface area contributed by atoms with Gasteiger partial charge < -0.3 is 0 Å². The van der Waals surface area contributed by atoms with Crippen molar-refractivity contribution in [1.82, 2.24) is 10.2 Å². The minimum atomic E-state index is -5.04. The number of halogens is 6. The van der Waals surface area contributed by atoms with Gasteiger partial charge in [0.05, 0.1) is 11.1 Å². The first-order valence-electron chi connectivity index (χ1n) is 10.6. The van der Waals surface area contributed by atoms with E-state index in [-0.39, 0.29) is 17.3 Å². The minimum absolute atomic E-state index is 0.130. The van der Waals surface area contributed by atoms with E-state index in [1.807, 2.05) is 42.5 Å². The van der Waals surface area contributed by atoms with Crippen LogP contribution in [0, 0.1) is 6.92 Å². The minimum Gasteiger partial charge on any atom is -0.166 e. The molecule has 0 unspecified atom stereocenters. The van der Waals surface area contributed by atoms with Gasteiger partial charge in [0.25, 0.3) is 0 Å². The van der Waals surface area contributed by atoms with E-state index in [1.54, 1.807) is 24.3 Å². The maximum Gasteiger partial charge on any atom is 0.417 e. The van der Waals surface area contributed by atoms with Crippen molar-refractivity contribution in [1.29, 1.82) is 0 Å². The highest BCUT2D eigenvalue weighted by molar-refractivity contribution is 6.08. The maximum absolute atomic E-state index is 14.0. The van der Waals surface area contributed by atoms with Crippen molar-refractivity contribution >= 4 is 21.5 Å². The lowest BCUT2D eigenvalue weighted by molar-refractivity contribution is -0.143. The van der Waals surface area contributed by atoms with E-state index in [0.29, 0.717) is 22.0 Å². The van der Waals surface area contributed by atoms with Gasteiger partial charge in [-0.1, -0.05) is 54.6 Å². The third-order valence-electron chi connectivity index (χ3n) is 5.92. The molecule has 1 heterocycles. The van der Waals surface area contributed by atoms with Gasteiger partial charge in [-0.05, 0) is 47.5 Å². The summed E-state index contributed by atoms with van der Waals surface area (Å²) in [6.45, 7) is 1.13. The van der Waals surface area contributed by atoms with Crippen molar-refractivity contribution in [2.75, 3.05) is 0 Å². The highest BCUT2D eigenvalue weighted by Gasteiger charge is 2.40. The van der Waals surface area contributed by atoms with Gasteiger partial charge in [-0.15, -0.1) is 10.2 Å². The highest BCUT2D eigenvalue weighted by atomic mass is 19.4. The average molecular weight is 482 g/mol. The van der Waals surface area contributed by atoms with Crippen molar-refractivity contribution in [3.8, 4) is 22.5 Å². The summed E-state index contributed by atoms with van der Waals surface area (Å²) in [5, 5.41) is 10.9. The summed E-state index contributed by atoms with van der Waals surface area (Å²) in [7, 11) is 0. The summed E-state index contributed by atoms with van der Waals surface area (Å²) < 4.78 is 82.3. The fourth-order valence-electron chi connectivity index (χ4n) is 4.29. The molecule has 5 rings (SSSR count). The lowest BCUT2D eigenvalue weighted by Crippen LogP contribution is -2.14.